The molecule has 0 aliphatic carbocycles. The van der Waals surface area contributed by atoms with Crippen molar-refractivity contribution in [3.8, 4) is 0 Å². The summed E-state index contributed by atoms with van der Waals surface area (Å²) in [6, 6.07) is 19.3. The van der Waals surface area contributed by atoms with Gasteiger partial charge in [0, 0.05) is 12.8 Å². The molecule has 0 spiro atoms. The van der Waals surface area contributed by atoms with Gasteiger partial charge >= 0.3 is 0 Å². The summed E-state index contributed by atoms with van der Waals surface area (Å²) < 4.78 is 5.19. The second kappa shape index (κ2) is 7.11. The van der Waals surface area contributed by atoms with Crippen molar-refractivity contribution in [2.24, 2.45) is 5.92 Å². The number of nitrogens with one attached hydrogen (secondary N) is 1. The Hall–Kier alpha value is -1.80. The van der Waals surface area contributed by atoms with E-state index in [0.717, 1.165) is 5.69 Å². The first-order chi connectivity index (χ1) is 9.70. The highest BCUT2D eigenvalue weighted by atomic mass is 16.5. The van der Waals surface area contributed by atoms with E-state index in [1.165, 1.54) is 11.1 Å². The van der Waals surface area contributed by atoms with E-state index in [1.54, 1.807) is 7.11 Å². The van der Waals surface area contributed by atoms with Crippen molar-refractivity contribution in [2.45, 2.75) is 26.5 Å². The summed E-state index contributed by atoms with van der Waals surface area (Å²) >= 11 is 0. The van der Waals surface area contributed by atoms with Crippen LogP contribution in [0.15, 0.2) is 54.6 Å². The van der Waals surface area contributed by atoms with Crippen LogP contribution in [0.5, 0.6) is 0 Å². The summed E-state index contributed by atoms with van der Waals surface area (Å²) in [6.07, 6.45) is 0. The zero-order valence-electron chi connectivity index (χ0n) is 12.5. The molecule has 1 unspecified atom stereocenters. The first-order valence-corrected chi connectivity index (χ1v) is 7.10. The maximum atomic E-state index is 5.19. The van der Waals surface area contributed by atoms with Gasteiger partial charge in [0.1, 0.15) is 0 Å². The number of benzene rings is 2. The van der Waals surface area contributed by atoms with E-state index < -0.39 is 0 Å². The van der Waals surface area contributed by atoms with Crippen LogP contribution in [0.4, 0.5) is 5.69 Å². The third-order valence-corrected chi connectivity index (χ3v) is 3.39. The van der Waals surface area contributed by atoms with Gasteiger partial charge in [0.05, 0.1) is 12.6 Å². The highest BCUT2D eigenvalue weighted by Crippen LogP contribution is 2.26. The largest absolute Gasteiger partial charge is 0.380 e. The predicted octanol–water partition coefficient (Wildman–Crippen LogP) is 4.64. The standard InChI is InChI=1S/C18H23NO/c1-14(2)18(16-9-5-4-6-10-16)19-17-11-7-8-15(12-17)13-20-3/h4-12,14,18-19H,13H2,1-3H3. The van der Waals surface area contributed by atoms with Crippen molar-refractivity contribution in [3.63, 3.8) is 0 Å². The third kappa shape index (κ3) is 3.84. The van der Waals surface area contributed by atoms with Crippen LogP contribution in [0, 0.1) is 5.92 Å². The number of hydrogen-bond acceptors (Lipinski definition) is 2. The zero-order valence-corrected chi connectivity index (χ0v) is 12.5. The van der Waals surface area contributed by atoms with Gasteiger partial charge in [0.25, 0.3) is 0 Å². The summed E-state index contributed by atoms with van der Waals surface area (Å²) in [7, 11) is 1.72. The van der Waals surface area contributed by atoms with E-state index in [0.29, 0.717) is 18.6 Å². The molecule has 0 amide bonds. The summed E-state index contributed by atoms with van der Waals surface area (Å²) in [5.41, 5.74) is 3.65. The Morgan fingerprint density at radius 1 is 1.00 bits per heavy atom. The molecule has 0 saturated heterocycles. The van der Waals surface area contributed by atoms with Gasteiger partial charge in [-0.1, -0.05) is 56.3 Å². The molecule has 1 N–H and O–H groups in total. The van der Waals surface area contributed by atoms with Gasteiger partial charge in [-0.15, -0.1) is 0 Å². The van der Waals surface area contributed by atoms with Crippen molar-refractivity contribution in [1.29, 1.82) is 0 Å². The molecule has 2 aromatic carbocycles. The average Bonchev–Trinajstić information content (AvgIpc) is 2.46. The van der Waals surface area contributed by atoms with Crippen LogP contribution in [-0.2, 0) is 11.3 Å². The highest BCUT2D eigenvalue weighted by Gasteiger charge is 2.15. The number of methoxy groups -OCH3 is 1. The SMILES string of the molecule is COCc1cccc(NC(c2ccccc2)C(C)C)c1. The van der Waals surface area contributed by atoms with Crippen LogP contribution in [0.2, 0.25) is 0 Å². The lowest BCUT2D eigenvalue weighted by molar-refractivity contribution is 0.185. The molecule has 2 aromatic rings. The molecule has 0 aliphatic heterocycles. The van der Waals surface area contributed by atoms with Gasteiger partial charge in [-0.3, -0.25) is 0 Å². The lowest BCUT2D eigenvalue weighted by Crippen LogP contribution is -2.16. The van der Waals surface area contributed by atoms with Crippen LogP contribution >= 0.6 is 0 Å². The fourth-order valence-corrected chi connectivity index (χ4v) is 2.39. The first-order valence-electron chi connectivity index (χ1n) is 7.10. The molecule has 20 heavy (non-hydrogen) atoms. The van der Waals surface area contributed by atoms with Crippen LogP contribution < -0.4 is 5.32 Å². The van der Waals surface area contributed by atoms with Crippen LogP contribution in [-0.4, -0.2) is 7.11 Å². The molecule has 2 heteroatoms. The second-order valence-electron chi connectivity index (χ2n) is 5.41. The summed E-state index contributed by atoms with van der Waals surface area (Å²) in [5.74, 6) is 0.517. The molecule has 0 aromatic heterocycles. The molecule has 0 bridgehead atoms. The van der Waals surface area contributed by atoms with Gasteiger partial charge < -0.3 is 10.1 Å². The van der Waals surface area contributed by atoms with E-state index in [-0.39, 0.29) is 0 Å². The summed E-state index contributed by atoms with van der Waals surface area (Å²) in [6.45, 7) is 5.13. The Morgan fingerprint density at radius 2 is 1.75 bits per heavy atom. The predicted molar refractivity (Wildman–Crippen MR) is 84.8 cm³/mol. The Kier molecular flexibility index (Phi) is 5.19. The van der Waals surface area contributed by atoms with Crippen molar-refractivity contribution in [2.75, 3.05) is 12.4 Å². The maximum Gasteiger partial charge on any atom is 0.0713 e. The van der Waals surface area contributed by atoms with Crippen LogP contribution in [0.25, 0.3) is 0 Å². The van der Waals surface area contributed by atoms with Gasteiger partial charge in [-0.2, -0.15) is 0 Å². The van der Waals surface area contributed by atoms with Crippen molar-refractivity contribution >= 4 is 5.69 Å². The normalized spacial score (nSPS) is 12.4. The lowest BCUT2D eigenvalue weighted by atomic mass is 9.95. The van der Waals surface area contributed by atoms with Crippen molar-refractivity contribution < 1.29 is 4.74 Å². The van der Waals surface area contributed by atoms with Crippen LogP contribution in [0.1, 0.15) is 31.0 Å². The molecule has 0 aliphatic rings. The van der Waals surface area contributed by atoms with E-state index in [9.17, 15) is 0 Å². The molecule has 2 rings (SSSR count). The number of hydrogen-bond donors (Lipinski definition) is 1. The second-order valence-corrected chi connectivity index (χ2v) is 5.41. The Bertz CT molecular complexity index is 522. The molecular formula is C18H23NO. The molecule has 1 atom stereocenters. The monoisotopic (exact) mass is 269 g/mol. The number of rotatable bonds is 6. The summed E-state index contributed by atoms with van der Waals surface area (Å²) in [4.78, 5) is 0. The zero-order chi connectivity index (χ0) is 14.4. The van der Waals surface area contributed by atoms with Crippen molar-refractivity contribution in [3.05, 3.63) is 65.7 Å². The van der Waals surface area contributed by atoms with Crippen molar-refractivity contribution in [1.82, 2.24) is 0 Å². The minimum absolute atomic E-state index is 0.314. The van der Waals surface area contributed by atoms with Gasteiger partial charge in [0.15, 0.2) is 0 Å². The van der Waals surface area contributed by atoms with Crippen LogP contribution in [0.3, 0.4) is 0 Å². The highest BCUT2D eigenvalue weighted by molar-refractivity contribution is 5.48. The minimum atomic E-state index is 0.314. The molecule has 0 saturated carbocycles. The Balaban J connectivity index is 2.18. The molecule has 2 nitrogen and oxygen atoms in total. The average molecular weight is 269 g/mol. The molecule has 0 radical (unpaired) electrons. The van der Waals surface area contributed by atoms with E-state index in [4.69, 9.17) is 4.74 Å². The quantitative estimate of drug-likeness (QED) is 0.824. The minimum Gasteiger partial charge on any atom is -0.380 e. The maximum absolute atomic E-state index is 5.19. The fourth-order valence-electron chi connectivity index (χ4n) is 2.39. The Labute approximate surface area is 121 Å². The van der Waals surface area contributed by atoms with Gasteiger partial charge in [0.2, 0.25) is 0 Å². The smallest absolute Gasteiger partial charge is 0.0713 e. The topological polar surface area (TPSA) is 21.3 Å². The molecule has 106 valence electrons. The molecule has 0 heterocycles. The number of ether oxygens (including phenoxy) is 1. The Morgan fingerprint density at radius 3 is 2.40 bits per heavy atom. The molecular weight excluding hydrogens is 246 g/mol. The molecule has 0 fully saturated rings. The summed E-state index contributed by atoms with van der Waals surface area (Å²) in [5, 5.41) is 3.64. The van der Waals surface area contributed by atoms with E-state index in [2.05, 4.69) is 73.8 Å². The first kappa shape index (κ1) is 14.6. The van der Waals surface area contributed by atoms with E-state index >= 15 is 0 Å². The third-order valence-electron chi connectivity index (χ3n) is 3.39. The van der Waals surface area contributed by atoms with Gasteiger partial charge in [-0.25, -0.2) is 0 Å². The lowest BCUT2D eigenvalue weighted by Gasteiger charge is -2.24. The van der Waals surface area contributed by atoms with E-state index in [1.807, 2.05) is 0 Å². The van der Waals surface area contributed by atoms with Gasteiger partial charge in [-0.05, 0) is 29.2 Å². The fraction of sp³-hybridized carbons (Fsp3) is 0.333. The number of anilines is 1.